The molecule has 1 aliphatic heterocycles. The van der Waals surface area contributed by atoms with E-state index < -0.39 is 0 Å². The summed E-state index contributed by atoms with van der Waals surface area (Å²) in [4.78, 5) is 16.3. The third kappa shape index (κ3) is 4.29. The average Bonchev–Trinajstić information content (AvgIpc) is 2.94. The van der Waals surface area contributed by atoms with Gasteiger partial charge >= 0.3 is 5.97 Å². The van der Waals surface area contributed by atoms with E-state index in [1.807, 2.05) is 24.3 Å². The molecule has 0 N–H and O–H groups in total. The minimum absolute atomic E-state index is 0.278. The van der Waals surface area contributed by atoms with E-state index in [-0.39, 0.29) is 5.97 Å². The standard InChI is InChI=1S/C17H26N2O2/c1-4-19-11-5-6-16(19)13-18(2)12-14-7-9-15(10-8-14)17(20)21-3/h7-10,16H,4-6,11-13H2,1-3H3. The Morgan fingerprint density at radius 2 is 2.10 bits per heavy atom. The van der Waals surface area contributed by atoms with Crippen LogP contribution in [-0.2, 0) is 11.3 Å². The molecule has 1 aromatic rings. The van der Waals surface area contributed by atoms with E-state index >= 15 is 0 Å². The first-order chi connectivity index (χ1) is 10.1. The zero-order valence-corrected chi connectivity index (χ0v) is 13.3. The van der Waals surface area contributed by atoms with E-state index in [1.54, 1.807) is 0 Å². The van der Waals surface area contributed by atoms with Crippen molar-refractivity contribution in [1.82, 2.24) is 9.80 Å². The fourth-order valence-corrected chi connectivity index (χ4v) is 3.12. The van der Waals surface area contributed by atoms with Crippen LogP contribution in [0.4, 0.5) is 0 Å². The number of likely N-dealkylation sites (tertiary alicyclic amines) is 1. The molecule has 1 atom stereocenters. The molecule has 116 valence electrons. The van der Waals surface area contributed by atoms with Crippen molar-refractivity contribution < 1.29 is 9.53 Å². The summed E-state index contributed by atoms with van der Waals surface area (Å²) in [7, 11) is 3.57. The summed E-state index contributed by atoms with van der Waals surface area (Å²) in [6, 6.07) is 8.38. The highest BCUT2D eigenvalue weighted by molar-refractivity contribution is 5.89. The van der Waals surface area contributed by atoms with Crippen molar-refractivity contribution in [2.75, 3.05) is 33.8 Å². The Bertz CT molecular complexity index is 458. The number of carbonyl (C=O) groups is 1. The molecule has 1 fully saturated rings. The molecule has 2 rings (SSSR count). The van der Waals surface area contributed by atoms with Crippen LogP contribution in [0.25, 0.3) is 0 Å². The molecule has 0 amide bonds. The van der Waals surface area contributed by atoms with Crippen LogP contribution in [0.2, 0.25) is 0 Å². The lowest BCUT2D eigenvalue weighted by atomic mass is 10.1. The highest BCUT2D eigenvalue weighted by Gasteiger charge is 2.23. The minimum atomic E-state index is -0.278. The number of benzene rings is 1. The van der Waals surface area contributed by atoms with Crippen molar-refractivity contribution in [3.63, 3.8) is 0 Å². The van der Waals surface area contributed by atoms with Crippen LogP contribution in [0.1, 0.15) is 35.7 Å². The Hall–Kier alpha value is -1.39. The summed E-state index contributed by atoms with van der Waals surface area (Å²) in [5.74, 6) is -0.278. The normalized spacial score (nSPS) is 19.1. The van der Waals surface area contributed by atoms with Crippen molar-refractivity contribution >= 4 is 5.97 Å². The minimum Gasteiger partial charge on any atom is -0.465 e. The summed E-state index contributed by atoms with van der Waals surface area (Å²) in [5, 5.41) is 0. The Morgan fingerprint density at radius 1 is 1.38 bits per heavy atom. The van der Waals surface area contributed by atoms with E-state index in [0.717, 1.165) is 19.6 Å². The quantitative estimate of drug-likeness (QED) is 0.753. The van der Waals surface area contributed by atoms with Crippen molar-refractivity contribution in [2.24, 2.45) is 0 Å². The second kappa shape index (κ2) is 7.57. The van der Waals surface area contributed by atoms with Gasteiger partial charge < -0.3 is 9.64 Å². The van der Waals surface area contributed by atoms with Gasteiger partial charge in [-0.05, 0) is 50.7 Å². The molecule has 1 heterocycles. The Balaban J connectivity index is 1.87. The first-order valence-electron chi connectivity index (χ1n) is 7.74. The van der Waals surface area contributed by atoms with Gasteiger partial charge in [-0.3, -0.25) is 4.90 Å². The van der Waals surface area contributed by atoms with Gasteiger partial charge in [0.15, 0.2) is 0 Å². The van der Waals surface area contributed by atoms with Crippen LogP contribution in [0, 0.1) is 0 Å². The van der Waals surface area contributed by atoms with Crippen molar-refractivity contribution in [3.05, 3.63) is 35.4 Å². The fraction of sp³-hybridized carbons (Fsp3) is 0.588. The van der Waals surface area contributed by atoms with Gasteiger partial charge in [-0.15, -0.1) is 0 Å². The van der Waals surface area contributed by atoms with Gasteiger partial charge in [-0.25, -0.2) is 4.79 Å². The number of hydrogen-bond donors (Lipinski definition) is 0. The molecule has 0 bridgehead atoms. The van der Waals surface area contributed by atoms with Gasteiger partial charge in [-0.1, -0.05) is 19.1 Å². The predicted octanol–water partition coefficient (Wildman–Crippen LogP) is 2.39. The van der Waals surface area contributed by atoms with E-state index in [2.05, 4.69) is 23.8 Å². The zero-order chi connectivity index (χ0) is 15.2. The smallest absolute Gasteiger partial charge is 0.337 e. The summed E-state index contributed by atoms with van der Waals surface area (Å²) in [6.07, 6.45) is 2.62. The van der Waals surface area contributed by atoms with Crippen LogP contribution in [-0.4, -0.2) is 55.6 Å². The number of ether oxygens (including phenoxy) is 1. The third-order valence-electron chi connectivity index (χ3n) is 4.26. The molecule has 0 saturated carbocycles. The molecular formula is C17H26N2O2. The SMILES string of the molecule is CCN1CCCC1CN(C)Cc1ccc(C(=O)OC)cc1. The van der Waals surface area contributed by atoms with Gasteiger partial charge in [0.2, 0.25) is 0 Å². The highest BCUT2D eigenvalue weighted by atomic mass is 16.5. The lowest BCUT2D eigenvalue weighted by Crippen LogP contribution is -2.38. The number of esters is 1. The van der Waals surface area contributed by atoms with Gasteiger partial charge in [0, 0.05) is 19.1 Å². The number of likely N-dealkylation sites (N-methyl/N-ethyl adjacent to an activating group) is 2. The maximum atomic E-state index is 11.4. The number of rotatable bonds is 6. The molecule has 0 aromatic heterocycles. The molecule has 0 spiro atoms. The maximum absolute atomic E-state index is 11.4. The van der Waals surface area contributed by atoms with E-state index in [0.29, 0.717) is 11.6 Å². The average molecular weight is 290 g/mol. The topological polar surface area (TPSA) is 32.8 Å². The van der Waals surface area contributed by atoms with Gasteiger partial charge in [0.25, 0.3) is 0 Å². The van der Waals surface area contributed by atoms with Crippen molar-refractivity contribution in [3.8, 4) is 0 Å². The van der Waals surface area contributed by atoms with Crippen LogP contribution in [0.5, 0.6) is 0 Å². The third-order valence-corrected chi connectivity index (χ3v) is 4.26. The molecule has 4 heteroatoms. The second-order valence-electron chi connectivity index (χ2n) is 5.81. The summed E-state index contributed by atoms with van der Waals surface area (Å²) < 4.78 is 4.72. The van der Waals surface area contributed by atoms with E-state index in [1.165, 1.54) is 32.1 Å². The summed E-state index contributed by atoms with van der Waals surface area (Å²) in [5.41, 5.74) is 1.84. The van der Waals surface area contributed by atoms with Crippen LogP contribution in [0.15, 0.2) is 24.3 Å². The highest BCUT2D eigenvalue weighted by Crippen LogP contribution is 2.18. The first kappa shape index (κ1) is 16.0. The number of methoxy groups -OCH3 is 1. The molecule has 1 aliphatic rings. The molecule has 0 radical (unpaired) electrons. The van der Waals surface area contributed by atoms with Gasteiger partial charge in [0.1, 0.15) is 0 Å². The molecular weight excluding hydrogens is 264 g/mol. The van der Waals surface area contributed by atoms with Gasteiger partial charge in [-0.2, -0.15) is 0 Å². The monoisotopic (exact) mass is 290 g/mol. The molecule has 21 heavy (non-hydrogen) atoms. The zero-order valence-electron chi connectivity index (χ0n) is 13.3. The first-order valence-corrected chi connectivity index (χ1v) is 7.74. The fourth-order valence-electron chi connectivity index (χ4n) is 3.12. The maximum Gasteiger partial charge on any atom is 0.337 e. The number of carbonyl (C=O) groups excluding carboxylic acids is 1. The largest absolute Gasteiger partial charge is 0.465 e. The van der Waals surface area contributed by atoms with E-state index in [9.17, 15) is 4.79 Å². The van der Waals surface area contributed by atoms with Crippen LogP contribution >= 0.6 is 0 Å². The summed E-state index contributed by atoms with van der Waals surface area (Å²) >= 11 is 0. The predicted molar refractivity (Wildman–Crippen MR) is 84.4 cm³/mol. The molecule has 1 aromatic carbocycles. The lowest BCUT2D eigenvalue weighted by molar-refractivity contribution is 0.0600. The van der Waals surface area contributed by atoms with Gasteiger partial charge in [0.05, 0.1) is 12.7 Å². The summed E-state index contributed by atoms with van der Waals surface area (Å²) in [6.45, 7) is 6.64. The Labute approximate surface area is 127 Å². The van der Waals surface area contributed by atoms with Crippen LogP contribution < -0.4 is 0 Å². The number of hydrogen-bond acceptors (Lipinski definition) is 4. The van der Waals surface area contributed by atoms with Crippen molar-refractivity contribution in [2.45, 2.75) is 32.4 Å². The molecule has 1 saturated heterocycles. The molecule has 0 aliphatic carbocycles. The molecule has 1 unspecified atom stereocenters. The van der Waals surface area contributed by atoms with E-state index in [4.69, 9.17) is 4.74 Å². The second-order valence-corrected chi connectivity index (χ2v) is 5.81. The van der Waals surface area contributed by atoms with Crippen LogP contribution in [0.3, 0.4) is 0 Å². The Kier molecular flexibility index (Phi) is 5.76. The van der Waals surface area contributed by atoms with Crippen molar-refractivity contribution in [1.29, 1.82) is 0 Å². The number of nitrogens with zero attached hydrogens (tertiary/aromatic N) is 2. The Morgan fingerprint density at radius 3 is 2.71 bits per heavy atom. The lowest BCUT2D eigenvalue weighted by Gasteiger charge is -2.27. The molecule has 4 nitrogen and oxygen atoms in total.